The largest absolute Gasteiger partial charge is 0.396 e. The Morgan fingerprint density at radius 1 is 1.37 bits per heavy atom. The highest BCUT2D eigenvalue weighted by atomic mass is 79.9. The molecule has 19 heavy (non-hydrogen) atoms. The maximum Gasteiger partial charge on any atom is 0.259 e. The molecule has 4 nitrogen and oxygen atoms in total. The summed E-state index contributed by atoms with van der Waals surface area (Å²) in [6.45, 7) is 0. The summed E-state index contributed by atoms with van der Waals surface area (Å²) in [5, 5.41) is 0. The summed E-state index contributed by atoms with van der Waals surface area (Å²) in [5.41, 5.74) is 6.42. The molecule has 0 fully saturated rings. The minimum absolute atomic E-state index is 0.0605. The van der Waals surface area contributed by atoms with E-state index in [1.165, 1.54) is 17.0 Å². The molecule has 1 aromatic heterocycles. The zero-order valence-corrected chi connectivity index (χ0v) is 11.7. The number of hydrogen-bond acceptors (Lipinski definition) is 3. The number of nitrogens with two attached hydrogens (primary N) is 1. The van der Waals surface area contributed by atoms with Crippen molar-refractivity contribution < 1.29 is 9.18 Å². The van der Waals surface area contributed by atoms with E-state index in [1.807, 2.05) is 0 Å². The molecular formula is C13H11BrFN3O. The molecule has 0 saturated carbocycles. The molecule has 1 aromatic carbocycles. The lowest BCUT2D eigenvalue weighted by molar-refractivity contribution is 0.0992. The van der Waals surface area contributed by atoms with Crippen molar-refractivity contribution in [2.24, 2.45) is 0 Å². The number of nitrogen functional groups attached to an aromatic ring is 1. The van der Waals surface area contributed by atoms with Gasteiger partial charge in [-0.25, -0.2) is 4.39 Å². The van der Waals surface area contributed by atoms with E-state index < -0.39 is 5.82 Å². The van der Waals surface area contributed by atoms with E-state index in [-0.39, 0.29) is 11.6 Å². The van der Waals surface area contributed by atoms with Crippen molar-refractivity contribution >= 4 is 33.2 Å². The summed E-state index contributed by atoms with van der Waals surface area (Å²) in [4.78, 5) is 17.7. The Hall–Kier alpha value is -1.95. The molecule has 0 spiro atoms. The minimum atomic E-state index is -0.560. The molecular weight excluding hydrogens is 313 g/mol. The van der Waals surface area contributed by atoms with Gasteiger partial charge in [0.1, 0.15) is 5.82 Å². The number of anilines is 2. The fourth-order valence-electron chi connectivity index (χ4n) is 1.60. The fourth-order valence-corrected chi connectivity index (χ4v) is 2.08. The first-order valence-corrected chi connectivity index (χ1v) is 6.22. The van der Waals surface area contributed by atoms with Crippen LogP contribution in [0.2, 0.25) is 0 Å². The van der Waals surface area contributed by atoms with E-state index in [0.29, 0.717) is 15.7 Å². The van der Waals surface area contributed by atoms with Gasteiger partial charge in [-0.2, -0.15) is 0 Å². The number of carbonyl (C=O) groups is 1. The van der Waals surface area contributed by atoms with E-state index in [0.717, 1.165) is 0 Å². The quantitative estimate of drug-likeness (QED) is 0.864. The fraction of sp³-hybridized carbons (Fsp3) is 0.0769. The van der Waals surface area contributed by atoms with Gasteiger partial charge in [0, 0.05) is 29.6 Å². The third-order valence-corrected chi connectivity index (χ3v) is 3.33. The van der Waals surface area contributed by atoms with Crippen molar-refractivity contribution in [2.45, 2.75) is 0 Å². The average molecular weight is 324 g/mol. The molecule has 6 heteroatoms. The topological polar surface area (TPSA) is 59.2 Å². The lowest BCUT2D eigenvalue weighted by atomic mass is 10.1. The maximum atomic E-state index is 13.3. The van der Waals surface area contributed by atoms with E-state index >= 15 is 0 Å². The van der Waals surface area contributed by atoms with Gasteiger partial charge in [0.25, 0.3) is 5.91 Å². The van der Waals surface area contributed by atoms with Crippen LogP contribution in [0.1, 0.15) is 10.4 Å². The predicted octanol–water partition coefficient (Wildman–Crippen LogP) is 2.84. The molecule has 0 aliphatic rings. The number of pyridine rings is 1. The average Bonchev–Trinajstić information content (AvgIpc) is 2.42. The second-order valence-electron chi connectivity index (χ2n) is 3.92. The number of amides is 1. The Morgan fingerprint density at radius 2 is 2.00 bits per heavy atom. The van der Waals surface area contributed by atoms with Gasteiger partial charge >= 0.3 is 0 Å². The molecule has 0 aliphatic heterocycles. The van der Waals surface area contributed by atoms with Crippen molar-refractivity contribution in [3.05, 3.63) is 52.5 Å². The number of benzene rings is 1. The summed E-state index contributed by atoms with van der Waals surface area (Å²) < 4.78 is 13.6. The molecule has 0 unspecified atom stereocenters. The normalized spacial score (nSPS) is 10.3. The number of aromatic nitrogens is 1. The SMILES string of the molecule is CN(C(=O)c1cc(N)c(F)cc1Br)c1ccncc1. The Balaban J connectivity index is 2.37. The van der Waals surface area contributed by atoms with Crippen LogP contribution in [-0.4, -0.2) is 17.9 Å². The number of hydrogen-bond donors (Lipinski definition) is 1. The Morgan fingerprint density at radius 3 is 2.63 bits per heavy atom. The monoisotopic (exact) mass is 323 g/mol. The molecule has 0 atom stereocenters. The smallest absolute Gasteiger partial charge is 0.259 e. The zero-order valence-electron chi connectivity index (χ0n) is 10.1. The molecule has 2 aromatic rings. The first kappa shape index (κ1) is 13.5. The molecule has 98 valence electrons. The molecule has 2 N–H and O–H groups in total. The Labute approximate surface area is 118 Å². The molecule has 0 bridgehead atoms. The summed E-state index contributed by atoms with van der Waals surface area (Å²) in [5.74, 6) is -0.847. The van der Waals surface area contributed by atoms with Crippen LogP contribution in [0.15, 0.2) is 41.1 Å². The highest BCUT2D eigenvalue weighted by molar-refractivity contribution is 9.10. The van der Waals surface area contributed by atoms with Crippen LogP contribution >= 0.6 is 15.9 Å². The molecule has 0 aliphatic carbocycles. The number of halogens is 2. The predicted molar refractivity (Wildman–Crippen MR) is 75.5 cm³/mol. The van der Waals surface area contributed by atoms with Crippen molar-refractivity contribution in [3.8, 4) is 0 Å². The van der Waals surface area contributed by atoms with Crippen LogP contribution in [0, 0.1) is 5.82 Å². The third-order valence-electron chi connectivity index (χ3n) is 2.67. The summed E-state index contributed by atoms with van der Waals surface area (Å²) >= 11 is 3.17. The van der Waals surface area contributed by atoms with E-state index in [4.69, 9.17) is 5.73 Å². The van der Waals surface area contributed by atoms with Crippen molar-refractivity contribution in [1.82, 2.24) is 4.98 Å². The van der Waals surface area contributed by atoms with Crippen LogP contribution in [0.4, 0.5) is 15.8 Å². The van der Waals surface area contributed by atoms with Crippen LogP contribution < -0.4 is 10.6 Å². The standard InChI is InChI=1S/C13H11BrFN3O/c1-18(8-2-4-17-5-3-8)13(19)9-6-12(16)11(15)7-10(9)14/h2-7H,16H2,1H3. The van der Waals surface area contributed by atoms with Gasteiger partial charge in [-0.15, -0.1) is 0 Å². The van der Waals surface area contributed by atoms with Crippen molar-refractivity contribution in [3.63, 3.8) is 0 Å². The molecule has 0 saturated heterocycles. The van der Waals surface area contributed by atoms with Gasteiger partial charge in [-0.3, -0.25) is 9.78 Å². The summed E-state index contributed by atoms with van der Waals surface area (Å²) in [6.07, 6.45) is 3.18. The van der Waals surface area contributed by atoms with Gasteiger partial charge in [0.2, 0.25) is 0 Å². The van der Waals surface area contributed by atoms with Crippen LogP contribution in [-0.2, 0) is 0 Å². The molecule has 0 radical (unpaired) electrons. The van der Waals surface area contributed by atoms with Gasteiger partial charge in [-0.1, -0.05) is 0 Å². The molecule has 2 rings (SSSR count). The molecule has 1 amide bonds. The Kier molecular flexibility index (Phi) is 3.80. The minimum Gasteiger partial charge on any atom is -0.396 e. The van der Waals surface area contributed by atoms with Crippen LogP contribution in [0.3, 0.4) is 0 Å². The first-order valence-electron chi connectivity index (χ1n) is 5.43. The lowest BCUT2D eigenvalue weighted by Gasteiger charge is -2.18. The van der Waals surface area contributed by atoms with Crippen molar-refractivity contribution in [1.29, 1.82) is 0 Å². The van der Waals surface area contributed by atoms with E-state index in [2.05, 4.69) is 20.9 Å². The van der Waals surface area contributed by atoms with Gasteiger partial charge < -0.3 is 10.6 Å². The number of rotatable bonds is 2. The molecule has 1 heterocycles. The van der Waals surface area contributed by atoms with Gasteiger partial charge in [-0.05, 0) is 40.2 Å². The van der Waals surface area contributed by atoms with Crippen molar-refractivity contribution in [2.75, 3.05) is 17.7 Å². The third kappa shape index (κ3) is 2.73. The lowest BCUT2D eigenvalue weighted by Crippen LogP contribution is -2.26. The number of nitrogens with zero attached hydrogens (tertiary/aromatic N) is 2. The van der Waals surface area contributed by atoms with Gasteiger partial charge in [0.05, 0.1) is 11.3 Å². The van der Waals surface area contributed by atoms with E-state index in [1.54, 1.807) is 31.6 Å². The highest BCUT2D eigenvalue weighted by Gasteiger charge is 2.18. The van der Waals surface area contributed by atoms with E-state index in [9.17, 15) is 9.18 Å². The summed E-state index contributed by atoms with van der Waals surface area (Å²) in [7, 11) is 1.63. The summed E-state index contributed by atoms with van der Waals surface area (Å²) in [6, 6.07) is 5.92. The first-order chi connectivity index (χ1) is 9.00. The maximum absolute atomic E-state index is 13.3. The second-order valence-corrected chi connectivity index (χ2v) is 4.78. The highest BCUT2D eigenvalue weighted by Crippen LogP contribution is 2.25. The Bertz CT molecular complexity index is 619. The second kappa shape index (κ2) is 5.36. The zero-order chi connectivity index (χ0) is 14.0. The number of carbonyl (C=O) groups excluding carboxylic acids is 1. The van der Waals surface area contributed by atoms with Gasteiger partial charge in [0.15, 0.2) is 0 Å². The van der Waals surface area contributed by atoms with Crippen LogP contribution in [0.25, 0.3) is 0 Å². The van der Waals surface area contributed by atoms with Crippen LogP contribution in [0.5, 0.6) is 0 Å².